The van der Waals surface area contributed by atoms with Crippen LogP contribution in [0.3, 0.4) is 0 Å². The van der Waals surface area contributed by atoms with Crippen LogP contribution in [-0.2, 0) is 23.9 Å². The number of methoxy groups -OCH3 is 4. The molecule has 0 bridgehead atoms. The minimum Gasteiger partial charge on any atom is -0.493 e. The lowest BCUT2D eigenvalue weighted by Gasteiger charge is -2.38. The van der Waals surface area contributed by atoms with Gasteiger partial charge < -0.3 is 23.8 Å². The van der Waals surface area contributed by atoms with Crippen LogP contribution in [0.1, 0.15) is 42.9 Å². The summed E-state index contributed by atoms with van der Waals surface area (Å²) in [6.45, 7) is 0.629. The van der Waals surface area contributed by atoms with Gasteiger partial charge >= 0.3 is 11.9 Å². The van der Waals surface area contributed by atoms with E-state index in [4.69, 9.17) is 18.9 Å². The first kappa shape index (κ1) is 21.2. The summed E-state index contributed by atoms with van der Waals surface area (Å²) in [5, 5.41) is 0. The molecule has 2 fully saturated rings. The minimum atomic E-state index is -1.42. The molecule has 1 aromatic carbocycles. The topological polar surface area (TPSA) is 91.4 Å². The van der Waals surface area contributed by atoms with Gasteiger partial charge in [0.05, 0.1) is 34.5 Å². The Morgan fingerprint density at radius 2 is 1.68 bits per heavy atom. The molecule has 1 aromatic rings. The maximum atomic E-state index is 12.8. The number of fused-ring (bicyclic) bond motifs is 2. The number of hydrogen-bond donors (Lipinski definition) is 0. The number of benzene rings is 1. The van der Waals surface area contributed by atoms with E-state index in [2.05, 4.69) is 0 Å². The molecule has 8 nitrogen and oxygen atoms in total. The lowest BCUT2D eigenvalue weighted by atomic mass is 9.78. The van der Waals surface area contributed by atoms with Crippen LogP contribution in [0.2, 0.25) is 0 Å². The first-order chi connectivity index (χ1) is 14.9. The number of amides is 1. The minimum absolute atomic E-state index is 0.0700. The Bertz CT molecular complexity index is 951. The zero-order chi connectivity index (χ0) is 22.3. The number of hydrogen-bond acceptors (Lipinski definition) is 7. The first-order valence-electron chi connectivity index (χ1n) is 10.3. The summed E-state index contributed by atoms with van der Waals surface area (Å²) in [4.78, 5) is 40.2. The quantitative estimate of drug-likeness (QED) is 0.525. The van der Waals surface area contributed by atoms with E-state index in [1.165, 1.54) is 14.2 Å². The summed E-state index contributed by atoms with van der Waals surface area (Å²) < 4.78 is 21.0. The molecule has 0 N–H and O–H groups in total. The molecule has 1 aliphatic heterocycles. The summed E-state index contributed by atoms with van der Waals surface area (Å²) in [7, 11) is 5.68. The van der Waals surface area contributed by atoms with Gasteiger partial charge in [0.15, 0.2) is 16.9 Å². The zero-order valence-electron chi connectivity index (χ0n) is 18.2. The van der Waals surface area contributed by atoms with Crippen LogP contribution in [-0.4, -0.2) is 57.7 Å². The second-order valence-electron chi connectivity index (χ2n) is 8.24. The highest BCUT2D eigenvalue weighted by Crippen LogP contribution is 2.57. The Morgan fingerprint density at radius 3 is 2.23 bits per heavy atom. The van der Waals surface area contributed by atoms with Crippen LogP contribution < -0.4 is 9.47 Å². The zero-order valence-corrected chi connectivity index (χ0v) is 18.2. The van der Waals surface area contributed by atoms with Gasteiger partial charge in [-0.15, -0.1) is 0 Å². The fourth-order valence-electron chi connectivity index (χ4n) is 5.37. The number of likely N-dealkylation sites (tertiary alicyclic amines) is 1. The van der Waals surface area contributed by atoms with Crippen molar-refractivity contribution in [2.75, 3.05) is 35.0 Å². The van der Waals surface area contributed by atoms with Crippen molar-refractivity contribution in [1.82, 2.24) is 4.90 Å². The Labute approximate surface area is 181 Å². The summed E-state index contributed by atoms with van der Waals surface area (Å²) in [5.74, 6) is -0.208. The van der Waals surface area contributed by atoms with Crippen LogP contribution in [0.4, 0.5) is 0 Å². The first-order valence-corrected chi connectivity index (χ1v) is 10.3. The molecule has 0 aromatic heterocycles. The van der Waals surface area contributed by atoms with Gasteiger partial charge in [-0.25, -0.2) is 0 Å². The largest absolute Gasteiger partial charge is 0.493 e. The van der Waals surface area contributed by atoms with Crippen molar-refractivity contribution in [2.24, 2.45) is 11.3 Å². The second kappa shape index (κ2) is 7.90. The van der Waals surface area contributed by atoms with Crippen LogP contribution >= 0.6 is 0 Å². The Kier molecular flexibility index (Phi) is 5.41. The third-order valence-corrected chi connectivity index (χ3v) is 6.78. The Balaban J connectivity index is 1.88. The average Bonchev–Trinajstić information content (AvgIpc) is 3.39. The van der Waals surface area contributed by atoms with E-state index in [0.717, 1.165) is 23.1 Å². The third kappa shape index (κ3) is 3.16. The van der Waals surface area contributed by atoms with Gasteiger partial charge in [0.2, 0.25) is 5.91 Å². The SMILES string of the molecule is COC(=O)C1(C(=O)OC)CC2=Cc3cc(OC)c(OC)cc3[C@@H](N3CCCC3=O)[C@@H]2C1. The molecule has 2 atom stereocenters. The number of nitrogens with zero attached hydrogens (tertiary/aromatic N) is 1. The molecule has 3 aliphatic rings. The maximum absolute atomic E-state index is 12.8. The van der Waals surface area contributed by atoms with E-state index in [1.54, 1.807) is 14.2 Å². The van der Waals surface area contributed by atoms with Crippen LogP contribution in [0, 0.1) is 11.3 Å². The number of rotatable bonds is 5. The molecule has 31 heavy (non-hydrogen) atoms. The highest BCUT2D eigenvalue weighted by molar-refractivity contribution is 6.01. The highest BCUT2D eigenvalue weighted by Gasteiger charge is 2.59. The van der Waals surface area contributed by atoms with Crippen molar-refractivity contribution in [3.05, 3.63) is 28.8 Å². The van der Waals surface area contributed by atoms with Gasteiger partial charge in [-0.3, -0.25) is 14.4 Å². The molecule has 166 valence electrons. The van der Waals surface area contributed by atoms with E-state index in [9.17, 15) is 14.4 Å². The molecule has 8 heteroatoms. The Morgan fingerprint density at radius 1 is 1.03 bits per heavy atom. The fraction of sp³-hybridized carbons (Fsp3) is 0.522. The van der Waals surface area contributed by atoms with Crippen molar-refractivity contribution in [3.8, 4) is 11.5 Å². The fourth-order valence-corrected chi connectivity index (χ4v) is 5.37. The summed E-state index contributed by atoms with van der Waals surface area (Å²) in [6.07, 6.45) is 3.68. The summed E-state index contributed by atoms with van der Waals surface area (Å²) in [6, 6.07) is 3.47. The Hall–Kier alpha value is -3.03. The van der Waals surface area contributed by atoms with E-state index in [1.807, 2.05) is 23.1 Å². The molecular weight excluding hydrogens is 402 g/mol. The molecule has 0 spiro atoms. The van der Waals surface area contributed by atoms with Gasteiger partial charge in [-0.2, -0.15) is 0 Å². The van der Waals surface area contributed by atoms with Gasteiger partial charge in [0.25, 0.3) is 0 Å². The van der Waals surface area contributed by atoms with Gasteiger partial charge in [-0.05, 0) is 42.5 Å². The van der Waals surface area contributed by atoms with Gasteiger partial charge in [0.1, 0.15) is 0 Å². The van der Waals surface area contributed by atoms with Crippen LogP contribution in [0.25, 0.3) is 6.08 Å². The van der Waals surface area contributed by atoms with Crippen molar-refractivity contribution >= 4 is 23.9 Å². The highest BCUT2D eigenvalue weighted by atomic mass is 16.5. The molecule has 0 radical (unpaired) electrons. The second-order valence-corrected chi connectivity index (χ2v) is 8.24. The van der Waals surface area contributed by atoms with E-state index in [-0.39, 0.29) is 30.7 Å². The monoisotopic (exact) mass is 429 g/mol. The summed E-state index contributed by atoms with van der Waals surface area (Å²) >= 11 is 0. The molecule has 4 rings (SSSR count). The van der Waals surface area contributed by atoms with Crippen molar-refractivity contribution in [1.29, 1.82) is 0 Å². The maximum Gasteiger partial charge on any atom is 0.323 e. The number of carbonyl (C=O) groups is 3. The third-order valence-electron chi connectivity index (χ3n) is 6.78. The number of esters is 2. The van der Waals surface area contributed by atoms with Crippen molar-refractivity contribution in [3.63, 3.8) is 0 Å². The molecular formula is C23H27NO7. The molecule has 1 saturated heterocycles. The molecule has 1 amide bonds. The molecule has 1 saturated carbocycles. The lowest BCUT2D eigenvalue weighted by molar-refractivity contribution is -0.168. The van der Waals surface area contributed by atoms with E-state index >= 15 is 0 Å². The van der Waals surface area contributed by atoms with E-state index in [0.29, 0.717) is 24.5 Å². The van der Waals surface area contributed by atoms with Gasteiger partial charge in [0, 0.05) is 18.9 Å². The number of ether oxygens (including phenoxy) is 4. The van der Waals surface area contributed by atoms with Crippen LogP contribution in [0.15, 0.2) is 17.7 Å². The molecule has 1 heterocycles. The standard InChI is InChI=1S/C23H27NO7/c1-28-17-9-13-8-14-11-23(21(26)30-3,22(27)31-4)12-16(14)20(15(13)10-18(17)29-2)24-7-5-6-19(24)25/h8-10,16,20H,5-7,11-12H2,1-4H3/t16-,20-/m1/s1. The predicted octanol–water partition coefficient (Wildman–Crippen LogP) is 2.51. The smallest absolute Gasteiger partial charge is 0.323 e. The molecule has 0 unspecified atom stereocenters. The van der Waals surface area contributed by atoms with Crippen molar-refractivity contribution in [2.45, 2.75) is 31.7 Å². The predicted molar refractivity (Wildman–Crippen MR) is 110 cm³/mol. The molecule has 2 aliphatic carbocycles. The van der Waals surface area contributed by atoms with E-state index < -0.39 is 17.4 Å². The summed E-state index contributed by atoms with van der Waals surface area (Å²) in [5.41, 5.74) is 1.32. The van der Waals surface area contributed by atoms with Crippen molar-refractivity contribution < 1.29 is 33.3 Å². The van der Waals surface area contributed by atoms with Gasteiger partial charge in [-0.1, -0.05) is 11.6 Å². The normalized spacial score (nSPS) is 23.5. The average molecular weight is 429 g/mol. The number of carbonyl (C=O) groups excluding carboxylic acids is 3. The van der Waals surface area contributed by atoms with Crippen LogP contribution in [0.5, 0.6) is 11.5 Å². The lowest BCUT2D eigenvalue weighted by Crippen LogP contribution is -2.40.